The van der Waals surface area contributed by atoms with E-state index in [1.807, 2.05) is 35.7 Å². The number of anilines is 1. The van der Waals surface area contributed by atoms with E-state index < -0.39 is 6.03 Å². The van der Waals surface area contributed by atoms with E-state index in [2.05, 4.69) is 5.32 Å². The van der Waals surface area contributed by atoms with Gasteiger partial charge in [-0.1, -0.05) is 23.7 Å². The smallest absolute Gasteiger partial charge is 0.322 e. The number of nitrogens with zero attached hydrogens (tertiary/aromatic N) is 2. The maximum absolute atomic E-state index is 13.5. The molecule has 0 atom stereocenters. The van der Waals surface area contributed by atoms with Crippen LogP contribution in [0.4, 0.5) is 10.5 Å². The molecule has 35 heavy (non-hydrogen) atoms. The van der Waals surface area contributed by atoms with Gasteiger partial charge in [-0.15, -0.1) is 11.3 Å². The first-order chi connectivity index (χ1) is 17.0. The summed E-state index contributed by atoms with van der Waals surface area (Å²) in [6, 6.07) is 16.0. The Morgan fingerprint density at radius 3 is 2.60 bits per heavy atom. The number of amides is 3. The molecule has 0 radical (unpaired) electrons. The summed E-state index contributed by atoms with van der Waals surface area (Å²) in [5.74, 6) is 1.17. The molecule has 3 aromatic rings. The van der Waals surface area contributed by atoms with Gasteiger partial charge in [0.05, 0.1) is 13.2 Å². The van der Waals surface area contributed by atoms with Gasteiger partial charge in [-0.3, -0.25) is 4.79 Å². The fraction of sp³-hybridized carbons (Fsp3) is 0.280. The van der Waals surface area contributed by atoms with Crippen molar-refractivity contribution in [3.63, 3.8) is 0 Å². The van der Waals surface area contributed by atoms with Gasteiger partial charge in [0.15, 0.2) is 11.5 Å². The topological polar surface area (TPSA) is 80.3 Å². The molecule has 0 fully saturated rings. The molecule has 1 aliphatic heterocycles. The predicted molar refractivity (Wildman–Crippen MR) is 135 cm³/mol. The molecule has 4 rings (SSSR count). The van der Waals surface area contributed by atoms with Gasteiger partial charge in [-0.05, 0) is 53.4 Å². The van der Waals surface area contributed by atoms with Gasteiger partial charge in [-0.25, -0.2) is 4.79 Å². The monoisotopic (exact) mass is 515 g/mol. The maximum Gasteiger partial charge on any atom is 0.322 e. The number of methoxy groups -OCH3 is 1. The maximum atomic E-state index is 13.5. The van der Waals surface area contributed by atoms with Crippen molar-refractivity contribution < 1.29 is 23.8 Å². The number of carbonyl (C=O) groups excluding carboxylic acids is 2. The number of benzene rings is 2. The molecule has 2 aromatic carbocycles. The summed E-state index contributed by atoms with van der Waals surface area (Å²) in [6.07, 6.45) is 0. The van der Waals surface area contributed by atoms with Gasteiger partial charge < -0.3 is 29.3 Å². The van der Waals surface area contributed by atoms with Crippen molar-refractivity contribution in [1.82, 2.24) is 9.80 Å². The van der Waals surface area contributed by atoms with E-state index in [1.54, 1.807) is 47.6 Å². The van der Waals surface area contributed by atoms with E-state index in [9.17, 15) is 9.59 Å². The zero-order valence-electron chi connectivity index (χ0n) is 19.2. The van der Waals surface area contributed by atoms with Crippen LogP contribution in [0.2, 0.25) is 5.02 Å². The Morgan fingerprint density at radius 1 is 1.06 bits per heavy atom. The number of rotatable bonds is 10. The second-order valence-corrected chi connectivity index (χ2v) is 9.34. The van der Waals surface area contributed by atoms with E-state index >= 15 is 0 Å². The molecule has 2 heterocycles. The Balaban J connectivity index is 1.48. The SMILES string of the molecule is COCCN(CC(=O)N(Cc1ccc2c(c1)OCO2)Cc1cccs1)C(=O)Nc1ccc(Cl)cc1. The minimum Gasteiger partial charge on any atom is -0.454 e. The van der Waals surface area contributed by atoms with Crippen LogP contribution in [-0.4, -0.2) is 55.3 Å². The molecule has 184 valence electrons. The number of fused-ring (bicyclic) bond motifs is 1. The normalized spacial score (nSPS) is 11.8. The van der Waals surface area contributed by atoms with Crippen LogP contribution in [0.1, 0.15) is 10.4 Å². The Kier molecular flexibility index (Phi) is 8.46. The third-order valence-electron chi connectivity index (χ3n) is 5.36. The second kappa shape index (κ2) is 11.9. The highest BCUT2D eigenvalue weighted by Gasteiger charge is 2.23. The Morgan fingerprint density at radius 2 is 1.86 bits per heavy atom. The summed E-state index contributed by atoms with van der Waals surface area (Å²) in [7, 11) is 1.56. The Bertz CT molecular complexity index is 1140. The Labute approximate surface area is 213 Å². The number of thiophene rings is 1. The van der Waals surface area contributed by atoms with E-state index in [1.165, 1.54) is 4.90 Å². The lowest BCUT2D eigenvalue weighted by atomic mass is 10.2. The zero-order chi connectivity index (χ0) is 24.6. The van der Waals surface area contributed by atoms with Gasteiger partial charge in [-0.2, -0.15) is 0 Å². The molecule has 10 heteroatoms. The highest BCUT2D eigenvalue weighted by molar-refractivity contribution is 7.09. The van der Waals surface area contributed by atoms with Crippen LogP contribution in [-0.2, 0) is 22.6 Å². The molecule has 1 N–H and O–H groups in total. The molecule has 0 saturated heterocycles. The number of nitrogens with one attached hydrogen (secondary N) is 1. The van der Waals surface area contributed by atoms with Crippen molar-refractivity contribution in [2.75, 3.05) is 38.9 Å². The molecule has 0 unspecified atom stereocenters. The number of ether oxygens (including phenoxy) is 3. The van der Waals surface area contributed by atoms with Gasteiger partial charge >= 0.3 is 6.03 Å². The fourth-order valence-electron chi connectivity index (χ4n) is 3.54. The summed E-state index contributed by atoms with van der Waals surface area (Å²) in [5, 5.41) is 5.37. The minimum atomic E-state index is -0.392. The average molecular weight is 516 g/mol. The summed E-state index contributed by atoms with van der Waals surface area (Å²) < 4.78 is 16.0. The molecule has 3 amide bonds. The first-order valence-corrected chi connectivity index (χ1v) is 12.3. The van der Waals surface area contributed by atoms with Crippen molar-refractivity contribution >= 4 is 40.6 Å². The highest BCUT2D eigenvalue weighted by atomic mass is 35.5. The van der Waals surface area contributed by atoms with E-state index in [4.69, 9.17) is 25.8 Å². The molecule has 1 aromatic heterocycles. The summed E-state index contributed by atoms with van der Waals surface area (Å²) in [5.41, 5.74) is 1.50. The van der Waals surface area contributed by atoms with Crippen LogP contribution in [0.15, 0.2) is 60.0 Å². The lowest BCUT2D eigenvalue weighted by Crippen LogP contribution is -2.45. The summed E-state index contributed by atoms with van der Waals surface area (Å²) >= 11 is 7.51. The molecule has 1 aliphatic rings. The standard InChI is InChI=1S/C25H26ClN3O5S/c1-32-11-10-28(25(31)27-20-7-5-19(26)6-8-20)16-24(30)29(15-21-3-2-12-35-21)14-18-4-9-22-23(13-18)34-17-33-22/h2-9,12-13H,10-11,14-17H2,1H3,(H,27,31). The third-order valence-corrected chi connectivity index (χ3v) is 6.48. The van der Waals surface area contributed by atoms with Crippen molar-refractivity contribution in [3.8, 4) is 11.5 Å². The van der Waals surface area contributed by atoms with Crippen LogP contribution in [0, 0.1) is 0 Å². The van der Waals surface area contributed by atoms with Crippen molar-refractivity contribution in [2.24, 2.45) is 0 Å². The van der Waals surface area contributed by atoms with Gasteiger partial charge in [0.25, 0.3) is 0 Å². The van der Waals surface area contributed by atoms with Crippen LogP contribution in [0.25, 0.3) is 0 Å². The first kappa shape index (κ1) is 24.8. The first-order valence-electron chi connectivity index (χ1n) is 11.0. The zero-order valence-corrected chi connectivity index (χ0v) is 20.8. The number of urea groups is 1. The van der Waals surface area contributed by atoms with E-state index in [0.29, 0.717) is 41.9 Å². The number of halogens is 1. The number of hydrogen-bond donors (Lipinski definition) is 1. The Hall–Kier alpha value is -3.27. The number of carbonyl (C=O) groups is 2. The van der Waals surface area contributed by atoms with Crippen molar-refractivity contribution in [1.29, 1.82) is 0 Å². The van der Waals surface area contributed by atoms with Crippen LogP contribution < -0.4 is 14.8 Å². The molecular weight excluding hydrogens is 490 g/mol. The molecule has 0 aliphatic carbocycles. The molecule has 8 nitrogen and oxygen atoms in total. The van der Waals surface area contributed by atoms with Crippen LogP contribution >= 0.6 is 22.9 Å². The number of hydrogen-bond acceptors (Lipinski definition) is 6. The van der Waals surface area contributed by atoms with E-state index in [-0.39, 0.29) is 25.8 Å². The third kappa shape index (κ3) is 6.88. The van der Waals surface area contributed by atoms with Gasteiger partial charge in [0.2, 0.25) is 12.7 Å². The summed E-state index contributed by atoms with van der Waals surface area (Å²) in [6.45, 7) is 1.45. The van der Waals surface area contributed by atoms with Crippen LogP contribution in [0.3, 0.4) is 0 Å². The average Bonchev–Trinajstić information content (AvgIpc) is 3.54. The molecular formula is C25H26ClN3O5S. The summed E-state index contributed by atoms with van der Waals surface area (Å²) in [4.78, 5) is 30.7. The van der Waals surface area contributed by atoms with Crippen LogP contribution in [0.5, 0.6) is 11.5 Å². The predicted octanol–water partition coefficient (Wildman–Crippen LogP) is 4.84. The molecule has 0 bridgehead atoms. The molecule has 0 spiro atoms. The lowest BCUT2D eigenvalue weighted by molar-refractivity contribution is -0.133. The minimum absolute atomic E-state index is 0.0985. The largest absolute Gasteiger partial charge is 0.454 e. The molecule has 0 saturated carbocycles. The second-order valence-electron chi connectivity index (χ2n) is 7.87. The van der Waals surface area contributed by atoms with Crippen molar-refractivity contribution in [3.05, 3.63) is 75.4 Å². The fourth-order valence-corrected chi connectivity index (χ4v) is 4.38. The van der Waals surface area contributed by atoms with E-state index in [0.717, 1.165) is 10.4 Å². The highest BCUT2D eigenvalue weighted by Crippen LogP contribution is 2.33. The van der Waals surface area contributed by atoms with Gasteiger partial charge in [0, 0.05) is 35.8 Å². The van der Waals surface area contributed by atoms with Crippen molar-refractivity contribution in [2.45, 2.75) is 13.1 Å². The quantitative estimate of drug-likeness (QED) is 0.418. The lowest BCUT2D eigenvalue weighted by Gasteiger charge is -2.27. The van der Waals surface area contributed by atoms with Gasteiger partial charge in [0.1, 0.15) is 6.54 Å².